The van der Waals surface area contributed by atoms with E-state index in [1.54, 1.807) is 0 Å². The van der Waals surface area contributed by atoms with Gasteiger partial charge in [-0.1, -0.05) is 30.3 Å². The Kier molecular flexibility index (Phi) is 3.10. The van der Waals surface area contributed by atoms with E-state index in [4.69, 9.17) is 5.73 Å². The molecule has 0 aliphatic heterocycles. The number of hydroxylamine groups is 2. The Hall–Kier alpha value is -1.55. The standard InChI is InChI=1S/C12H16N2O2/c13-12(15)14(16)8-9-6-11(7-9)10-4-2-1-3-5-10/h1-5,9,11,16H,6-8H2,(H2,13,15)/t9-,11+. The van der Waals surface area contributed by atoms with Crippen LogP contribution < -0.4 is 5.73 Å². The fourth-order valence-electron chi connectivity index (χ4n) is 2.22. The molecule has 1 fully saturated rings. The molecule has 1 aromatic carbocycles. The normalized spacial score (nSPS) is 23.6. The predicted molar refractivity (Wildman–Crippen MR) is 60.0 cm³/mol. The zero-order valence-electron chi connectivity index (χ0n) is 9.04. The van der Waals surface area contributed by atoms with Crippen molar-refractivity contribution in [2.24, 2.45) is 11.7 Å². The number of rotatable bonds is 3. The van der Waals surface area contributed by atoms with Gasteiger partial charge >= 0.3 is 6.03 Å². The molecule has 4 nitrogen and oxygen atoms in total. The van der Waals surface area contributed by atoms with Crippen molar-refractivity contribution in [3.63, 3.8) is 0 Å². The van der Waals surface area contributed by atoms with Gasteiger partial charge in [0.25, 0.3) is 0 Å². The highest BCUT2D eigenvalue weighted by molar-refractivity contribution is 5.70. The maximum absolute atomic E-state index is 10.6. The van der Waals surface area contributed by atoms with E-state index in [9.17, 15) is 10.0 Å². The van der Waals surface area contributed by atoms with Crippen molar-refractivity contribution in [2.45, 2.75) is 18.8 Å². The van der Waals surface area contributed by atoms with Crippen molar-refractivity contribution in [2.75, 3.05) is 6.54 Å². The number of carbonyl (C=O) groups excluding carboxylic acids is 1. The summed E-state index contributed by atoms with van der Waals surface area (Å²) in [6, 6.07) is 9.53. The van der Waals surface area contributed by atoms with Gasteiger partial charge in [0.1, 0.15) is 0 Å². The number of hydrogen-bond acceptors (Lipinski definition) is 2. The van der Waals surface area contributed by atoms with Gasteiger partial charge in [-0.15, -0.1) is 0 Å². The van der Waals surface area contributed by atoms with E-state index in [0.29, 0.717) is 23.4 Å². The summed E-state index contributed by atoms with van der Waals surface area (Å²) in [6.45, 7) is 0.346. The Balaban J connectivity index is 1.80. The molecule has 1 aliphatic carbocycles. The lowest BCUT2D eigenvalue weighted by atomic mass is 9.71. The maximum atomic E-state index is 10.6. The average Bonchev–Trinajstić information content (AvgIpc) is 2.23. The quantitative estimate of drug-likeness (QED) is 0.604. The van der Waals surface area contributed by atoms with E-state index in [1.807, 2.05) is 18.2 Å². The molecule has 16 heavy (non-hydrogen) atoms. The molecular formula is C12H16N2O2. The Morgan fingerprint density at radius 2 is 2.00 bits per heavy atom. The number of benzene rings is 1. The van der Waals surface area contributed by atoms with Gasteiger partial charge in [0.05, 0.1) is 6.54 Å². The van der Waals surface area contributed by atoms with Crippen molar-refractivity contribution >= 4 is 6.03 Å². The number of urea groups is 1. The molecule has 3 N–H and O–H groups in total. The first-order valence-corrected chi connectivity index (χ1v) is 5.47. The molecule has 0 spiro atoms. The van der Waals surface area contributed by atoms with Gasteiger partial charge in [0, 0.05) is 0 Å². The van der Waals surface area contributed by atoms with Crippen molar-refractivity contribution in [3.05, 3.63) is 35.9 Å². The number of nitrogens with zero attached hydrogens (tertiary/aromatic N) is 1. The van der Waals surface area contributed by atoms with E-state index in [-0.39, 0.29) is 0 Å². The minimum absolute atomic E-state index is 0.346. The second-order valence-corrected chi connectivity index (χ2v) is 4.37. The van der Waals surface area contributed by atoms with E-state index in [1.165, 1.54) is 5.56 Å². The first-order chi connectivity index (χ1) is 7.66. The topological polar surface area (TPSA) is 66.6 Å². The largest absolute Gasteiger partial charge is 0.350 e. The SMILES string of the molecule is NC(=O)N(O)C[C@H]1C[C@@H](c2ccccc2)C1. The number of carbonyl (C=O) groups is 1. The molecule has 0 radical (unpaired) electrons. The van der Waals surface area contributed by atoms with Crippen LogP contribution in [0.15, 0.2) is 30.3 Å². The molecule has 0 heterocycles. The monoisotopic (exact) mass is 220 g/mol. The van der Waals surface area contributed by atoms with Gasteiger partial charge in [-0.05, 0) is 30.2 Å². The lowest BCUT2D eigenvalue weighted by molar-refractivity contribution is -0.0604. The van der Waals surface area contributed by atoms with Crippen LogP contribution in [0.3, 0.4) is 0 Å². The van der Waals surface area contributed by atoms with Crippen molar-refractivity contribution in [1.82, 2.24) is 5.06 Å². The minimum Gasteiger partial charge on any atom is -0.350 e. The molecule has 0 atom stereocenters. The van der Waals surface area contributed by atoms with Crippen LogP contribution in [0.2, 0.25) is 0 Å². The van der Waals surface area contributed by atoms with Gasteiger partial charge in [0.2, 0.25) is 0 Å². The summed E-state index contributed by atoms with van der Waals surface area (Å²) in [4.78, 5) is 10.6. The van der Waals surface area contributed by atoms with Crippen LogP contribution in [0.5, 0.6) is 0 Å². The Morgan fingerprint density at radius 3 is 2.56 bits per heavy atom. The fraction of sp³-hybridized carbons (Fsp3) is 0.417. The maximum Gasteiger partial charge on any atom is 0.338 e. The van der Waals surface area contributed by atoms with Crippen LogP contribution in [0.25, 0.3) is 0 Å². The van der Waals surface area contributed by atoms with E-state index < -0.39 is 6.03 Å². The molecule has 0 aromatic heterocycles. The third kappa shape index (κ3) is 2.33. The lowest BCUT2D eigenvalue weighted by Crippen LogP contribution is -2.39. The zero-order chi connectivity index (χ0) is 11.5. The number of hydrogen-bond donors (Lipinski definition) is 2. The van der Waals surface area contributed by atoms with Gasteiger partial charge in [-0.3, -0.25) is 5.21 Å². The molecule has 0 bridgehead atoms. The van der Waals surface area contributed by atoms with Gasteiger partial charge < -0.3 is 5.73 Å². The second-order valence-electron chi connectivity index (χ2n) is 4.37. The highest BCUT2D eigenvalue weighted by Gasteiger charge is 2.31. The number of amides is 2. The van der Waals surface area contributed by atoms with E-state index >= 15 is 0 Å². The van der Waals surface area contributed by atoms with Crippen LogP contribution in [0, 0.1) is 5.92 Å². The summed E-state index contributed by atoms with van der Waals surface area (Å²) in [5.41, 5.74) is 6.28. The Labute approximate surface area is 94.6 Å². The van der Waals surface area contributed by atoms with Crippen LogP contribution >= 0.6 is 0 Å². The van der Waals surface area contributed by atoms with Crippen LogP contribution in [-0.4, -0.2) is 22.8 Å². The van der Waals surface area contributed by atoms with Crippen LogP contribution in [0.4, 0.5) is 4.79 Å². The third-order valence-electron chi connectivity index (χ3n) is 3.19. The van der Waals surface area contributed by atoms with Crippen molar-refractivity contribution < 1.29 is 10.0 Å². The Morgan fingerprint density at radius 1 is 1.38 bits per heavy atom. The predicted octanol–water partition coefficient (Wildman–Crippen LogP) is 1.95. The van der Waals surface area contributed by atoms with Crippen molar-refractivity contribution in [3.8, 4) is 0 Å². The van der Waals surface area contributed by atoms with Crippen LogP contribution in [-0.2, 0) is 0 Å². The number of primary amides is 1. The minimum atomic E-state index is -0.775. The molecule has 1 aliphatic rings. The van der Waals surface area contributed by atoms with Gasteiger partial charge in [-0.2, -0.15) is 0 Å². The summed E-state index contributed by atoms with van der Waals surface area (Å²) < 4.78 is 0. The highest BCUT2D eigenvalue weighted by Crippen LogP contribution is 2.41. The molecule has 2 rings (SSSR count). The summed E-state index contributed by atoms with van der Waals surface area (Å²) in [6.07, 6.45) is 2.02. The average molecular weight is 220 g/mol. The molecule has 4 heteroatoms. The molecule has 2 amide bonds. The summed E-state index contributed by atoms with van der Waals surface area (Å²) >= 11 is 0. The van der Waals surface area contributed by atoms with E-state index in [0.717, 1.165) is 12.8 Å². The van der Waals surface area contributed by atoms with Gasteiger partial charge in [0.15, 0.2) is 0 Å². The first-order valence-electron chi connectivity index (χ1n) is 5.47. The molecule has 1 saturated carbocycles. The lowest BCUT2D eigenvalue weighted by Gasteiger charge is -2.36. The fourth-order valence-corrected chi connectivity index (χ4v) is 2.22. The third-order valence-corrected chi connectivity index (χ3v) is 3.19. The molecule has 86 valence electrons. The molecular weight excluding hydrogens is 204 g/mol. The Bertz CT molecular complexity index is 361. The smallest absolute Gasteiger partial charge is 0.338 e. The van der Waals surface area contributed by atoms with Crippen molar-refractivity contribution in [1.29, 1.82) is 0 Å². The zero-order valence-corrected chi connectivity index (χ0v) is 9.04. The van der Waals surface area contributed by atoms with E-state index in [2.05, 4.69) is 12.1 Å². The summed E-state index contributed by atoms with van der Waals surface area (Å²) in [5.74, 6) is 0.926. The molecule has 0 unspecified atom stereocenters. The molecule has 0 saturated heterocycles. The highest BCUT2D eigenvalue weighted by atomic mass is 16.5. The van der Waals surface area contributed by atoms with Crippen LogP contribution in [0.1, 0.15) is 24.3 Å². The molecule has 1 aromatic rings. The first kappa shape index (κ1) is 11.0. The number of nitrogens with two attached hydrogens (primary N) is 1. The van der Waals surface area contributed by atoms with Gasteiger partial charge in [-0.25, -0.2) is 9.86 Å². The summed E-state index contributed by atoms with van der Waals surface area (Å²) in [5, 5.41) is 9.78. The summed E-state index contributed by atoms with van der Waals surface area (Å²) in [7, 11) is 0. The second kappa shape index (κ2) is 4.53.